The fourth-order valence-corrected chi connectivity index (χ4v) is 0. The molecule has 0 aliphatic heterocycles. The van der Waals surface area contributed by atoms with Gasteiger partial charge in [-0.1, -0.05) is 4.57 Å². The molecule has 0 heterocycles. The second-order valence-electron chi connectivity index (χ2n) is 0.776. The van der Waals surface area contributed by atoms with Crippen molar-refractivity contribution >= 4 is 13.6 Å². The van der Waals surface area contributed by atoms with E-state index >= 15 is 0 Å². The summed E-state index contributed by atoms with van der Waals surface area (Å²) in [5.74, 6) is 0. The molecule has 0 bridgehead atoms. The predicted octanol–water partition coefficient (Wildman–Crippen LogP) is -0.364. The molecule has 3 nitrogen and oxygen atoms in total. The van der Waals surface area contributed by atoms with Gasteiger partial charge in [0.1, 0.15) is 0 Å². The van der Waals surface area contributed by atoms with Crippen molar-refractivity contribution in [3.05, 3.63) is 0 Å². The maximum Gasteiger partial charge on any atom is 0.387 e. The van der Waals surface area contributed by atoms with Crippen LogP contribution in [0.2, 0.25) is 0 Å². The molecule has 0 aliphatic rings. The first-order valence-electron chi connectivity index (χ1n) is 1.29. The van der Waals surface area contributed by atoms with Crippen molar-refractivity contribution in [1.82, 2.24) is 0 Å². The van der Waals surface area contributed by atoms with Gasteiger partial charge in [0.25, 0.3) is 0 Å². The third-order valence-electron chi connectivity index (χ3n) is 0.257. The molecule has 0 spiro atoms. The average Bonchev–Trinajstić information content (AvgIpc) is 1.36. The van der Waals surface area contributed by atoms with Crippen molar-refractivity contribution in [3.8, 4) is 0 Å². The molecule has 1 unspecified atom stereocenters. The highest BCUT2D eigenvalue weighted by molar-refractivity contribution is 7.56. The molecule has 0 saturated carbocycles. The molecule has 0 aromatic heterocycles. The number of carbonyl (C=O) groups is 1. The molecular formula is C2H3O3P. The van der Waals surface area contributed by atoms with Crippen LogP contribution in [0.5, 0.6) is 0 Å². The summed E-state index contributed by atoms with van der Waals surface area (Å²) in [6.45, 7) is 1.01. The van der Waals surface area contributed by atoms with E-state index < -0.39 is 13.6 Å². The van der Waals surface area contributed by atoms with Crippen LogP contribution in [0.1, 0.15) is 6.92 Å². The van der Waals surface area contributed by atoms with Gasteiger partial charge in [0, 0.05) is 6.92 Å². The summed E-state index contributed by atoms with van der Waals surface area (Å²) in [5, 5.41) is 0. The molecule has 4 heteroatoms. The zero-order valence-electron chi connectivity index (χ0n) is 3.17. The molecule has 34 valence electrons. The van der Waals surface area contributed by atoms with Crippen LogP contribution in [0.4, 0.5) is 0 Å². The van der Waals surface area contributed by atoms with E-state index in [-0.39, 0.29) is 0 Å². The van der Waals surface area contributed by atoms with E-state index in [0.717, 1.165) is 6.92 Å². The summed E-state index contributed by atoms with van der Waals surface area (Å²) in [4.78, 5) is 18.9. The van der Waals surface area contributed by atoms with Crippen molar-refractivity contribution in [1.29, 1.82) is 0 Å². The van der Waals surface area contributed by atoms with Gasteiger partial charge in [-0.15, -0.1) is 0 Å². The fraction of sp³-hybridized carbons (Fsp3) is 0.500. The third kappa shape index (κ3) is 2.00. The molecule has 0 amide bonds. The van der Waals surface area contributed by atoms with Gasteiger partial charge in [-0.3, -0.25) is 0 Å². The Balaban J connectivity index is 3.57. The van der Waals surface area contributed by atoms with Gasteiger partial charge in [0.2, 0.25) is 0 Å². The Morgan fingerprint density at radius 1 is 1.83 bits per heavy atom. The molecule has 6 heavy (non-hydrogen) atoms. The van der Waals surface area contributed by atoms with E-state index in [4.69, 9.17) is 0 Å². The van der Waals surface area contributed by atoms with E-state index in [1.807, 2.05) is 0 Å². The van der Waals surface area contributed by atoms with Crippen LogP contribution in [-0.2, 0) is 9.36 Å². The Kier molecular flexibility index (Phi) is 1.91. The topological polar surface area (TPSA) is 57.2 Å². The summed E-state index contributed by atoms with van der Waals surface area (Å²) < 4.78 is 9.39. The van der Waals surface area contributed by atoms with Crippen LogP contribution in [0.15, 0.2) is 0 Å². The first-order chi connectivity index (χ1) is 2.64. The van der Waals surface area contributed by atoms with Gasteiger partial charge in [-0.05, 0) is 0 Å². The van der Waals surface area contributed by atoms with Crippen LogP contribution < -0.4 is 4.89 Å². The third-order valence-corrected chi connectivity index (χ3v) is 0.771. The maximum absolute atomic E-state index is 9.55. The fourth-order valence-electron chi connectivity index (χ4n) is 0. The Hall–Kier alpha value is -0.270. The van der Waals surface area contributed by atoms with Gasteiger partial charge >= 0.3 is 13.6 Å². The first-order valence-corrected chi connectivity index (χ1v) is 2.47. The standard InChI is InChI=1S/C2H3O3P/c1-2(3)6(4)5/h1H3. The maximum atomic E-state index is 9.55. The smallest absolute Gasteiger partial charge is 0.387 e. The molecule has 0 N–H and O–H groups in total. The lowest BCUT2D eigenvalue weighted by Crippen LogP contribution is -1.92. The SMILES string of the molecule is CC(=O)[P+](=O)[O-]. The van der Waals surface area contributed by atoms with Crippen molar-refractivity contribution in [3.63, 3.8) is 0 Å². The Morgan fingerprint density at radius 2 is 2.00 bits per heavy atom. The van der Waals surface area contributed by atoms with Crippen molar-refractivity contribution < 1.29 is 14.3 Å². The van der Waals surface area contributed by atoms with E-state index in [9.17, 15) is 14.3 Å². The predicted molar refractivity (Wildman–Crippen MR) is 18.3 cm³/mol. The van der Waals surface area contributed by atoms with E-state index in [1.54, 1.807) is 0 Å². The van der Waals surface area contributed by atoms with Crippen molar-refractivity contribution in [2.75, 3.05) is 0 Å². The van der Waals surface area contributed by atoms with E-state index in [1.165, 1.54) is 0 Å². The highest BCUT2D eigenvalue weighted by Crippen LogP contribution is 2.04. The molecule has 0 aromatic carbocycles. The van der Waals surface area contributed by atoms with Crippen molar-refractivity contribution in [2.45, 2.75) is 6.92 Å². The second kappa shape index (κ2) is 2.00. The van der Waals surface area contributed by atoms with Gasteiger partial charge in [-0.25, -0.2) is 4.79 Å². The molecule has 1 atom stereocenters. The lowest BCUT2D eigenvalue weighted by atomic mass is 10.9. The Morgan fingerprint density at radius 3 is 2.00 bits per heavy atom. The number of carbonyl (C=O) groups excluding carboxylic acids is 1. The first kappa shape index (κ1) is 5.73. The molecule has 0 aliphatic carbocycles. The minimum absolute atomic E-state index is 0.787. The molecule has 0 rings (SSSR count). The minimum Gasteiger partial charge on any atom is -0.588 e. The molecule has 0 fully saturated rings. The Labute approximate surface area is 35.9 Å². The van der Waals surface area contributed by atoms with Crippen molar-refractivity contribution in [2.24, 2.45) is 0 Å². The summed E-state index contributed by atoms with van der Waals surface area (Å²) >= 11 is 0. The van der Waals surface area contributed by atoms with E-state index in [2.05, 4.69) is 0 Å². The van der Waals surface area contributed by atoms with Crippen LogP contribution in [0, 0.1) is 0 Å². The lowest BCUT2D eigenvalue weighted by Gasteiger charge is -1.70. The molecule has 0 aromatic rings. The second-order valence-corrected chi connectivity index (χ2v) is 1.92. The highest BCUT2D eigenvalue weighted by atomic mass is 31.1. The van der Waals surface area contributed by atoms with Crippen LogP contribution in [0.25, 0.3) is 0 Å². The quantitative estimate of drug-likeness (QED) is 0.428. The summed E-state index contributed by atoms with van der Waals surface area (Å²) in [6.07, 6.45) is 0. The molecule has 0 radical (unpaired) electrons. The summed E-state index contributed by atoms with van der Waals surface area (Å²) in [6, 6.07) is 0. The van der Waals surface area contributed by atoms with Gasteiger partial charge in [0.05, 0.1) is 0 Å². The average molecular weight is 106 g/mol. The van der Waals surface area contributed by atoms with Crippen LogP contribution >= 0.6 is 8.03 Å². The number of hydrogen-bond donors (Lipinski definition) is 0. The zero-order valence-corrected chi connectivity index (χ0v) is 4.07. The van der Waals surface area contributed by atoms with Crippen LogP contribution in [0.3, 0.4) is 0 Å². The summed E-state index contributed by atoms with van der Waals surface area (Å²) in [7, 11) is -2.80. The number of hydrogen-bond acceptors (Lipinski definition) is 3. The molecular weight excluding hydrogens is 103 g/mol. The monoisotopic (exact) mass is 106 g/mol. The summed E-state index contributed by atoms with van der Waals surface area (Å²) in [5.41, 5.74) is -0.787. The lowest BCUT2D eigenvalue weighted by molar-refractivity contribution is -0.168. The zero-order chi connectivity index (χ0) is 5.15. The molecule has 0 saturated heterocycles. The number of rotatable bonds is 1. The van der Waals surface area contributed by atoms with Crippen LogP contribution in [-0.4, -0.2) is 5.52 Å². The largest absolute Gasteiger partial charge is 0.588 e. The highest BCUT2D eigenvalue weighted by Gasteiger charge is 2.04. The minimum atomic E-state index is -2.80. The van der Waals surface area contributed by atoms with E-state index in [0.29, 0.717) is 0 Å². The van der Waals surface area contributed by atoms with Gasteiger partial charge in [-0.2, -0.15) is 0 Å². The van der Waals surface area contributed by atoms with Gasteiger partial charge in [0.15, 0.2) is 0 Å². The van der Waals surface area contributed by atoms with Gasteiger partial charge < -0.3 is 4.89 Å². The normalized spacial score (nSPS) is 10.7. The Bertz CT molecular complexity index is 74.8.